The molecule has 2 aromatic heterocycles. The smallest absolute Gasteiger partial charge is 0.203 e. The molecule has 2 heterocycles. The normalized spacial score (nSPS) is 14.1. The van der Waals surface area contributed by atoms with E-state index in [1.165, 1.54) is 12.8 Å². The van der Waals surface area contributed by atoms with Crippen LogP contribution in [0, 0.1) is 6.92 Å². The molecule has 4 rings (SSSR count). The fourth-order valence-electron chi connectivity index (χ4n) is 2.84. The van der Waals surface area contributed by atoms with Crippen molar-refractivity contribution >= 4 is 11.5 Å². The van der Waals surface area contributed by atoms with E-state index in [1.54, 1.807) is 0 Å². The summed E-state index contributed by atoms with van der Waals surface area (Å²) in [5.74, 6) is 3.38. The molecule has 1 aromatic carbocycles. The van der Waals surface area contributed by atoms with E-state index in [-0.39, 0.29) is 0 Å². The first-order valence-electron chi connectivity index (χ1n) is 8.33. The van der Waals surface area contributed by atoms with Crippen LogP contribution in [0.15, 0.2) is 36.7 Å². The number of ether oxygens (including phenoxy) is 1. The van der Waals surface area contributed by atoms with Crippen molar-refractivity contribution in [1.82, 2.24) is 19.6 Å². The van der Waals surface area contributed by atoms with Gasteiger partial charge in [-0.3, -0.25) is 4.40 Å². The van der Waals surface area contributed by atoms with Gasteiger partial charge in [-0.25, -0.2) is 4.98 Å². The zero-order valence-corrected chi connectivity index (χ0v) is 14.0. The Bertz CT molecular complexity index is 855. The number of para-hydroxylation sites is 1. The molecule has 0 unspecified atom stereocenters. The maximum Gasteiger partial charge on any atom is 0.203 e. The first-order chi connectivity index (χ1) is 11.7. The van der Waals surface area contributed by atoms with Gasteiger partial charge in [0.1, 0.15) is 18.2 Å². The monoisotopic (exact) mass is 323 g/mol. The molecule has 1 fully saturated rings. The Labute approximate surface area is 141 Å². The summed E-state index contributed by atoms with van der Waals surface area (Å²) < 4.78 is 7.95. The minimum absolute atomic E-state index is 0.560. The Morgan fingerprint density at radius 2 is 2.08 bits per heavy atom. The van der Waals surface area contributed by atoms with Crippen LogP contribution in [0.25, 0.3) is 5.65 Å². The Morgan fingerprint density at radius 1 is 1.25 bits per heavy atom. The molecule has 124 valence electrons. The number of nitrogens with zero attached hydrogens (tertiary/aromatic N) is 5. The van der Waals surface area contributed by atoms with Gasteiger partial charge < -0.3 is 9.64 Å². The van der Waals surface area contributed by atoms with E-state index in [1.807, 2.05) is 37.6 Å². The number of benzene rings is 1. The molecule has 0 N–H and O–H groups in total. The molecule has 0 bridgehead atoms. The van der Waals surface area contributed by atoms with Crippen LogP contribution in [-0.2, 0) is 0 Å². The van der Waals surface area contributed by atoms with Crippen LogP contribution in [-0.4, -0.2) is 39.8 Å². The number of fused-ring (bicyclic) bond motifs is 1. The predicted molar refractivity (Wildman–Crippen MR) is 92.7 cm³/mol. The third-order valence-electron chi connectivity index (χ3n) is 4.42. The Hall–Kier alpha value is -2.63. The van der Waals surface area contributed by atoms with Crippen molar-refractivity contribution in [3.05, 3.63) is 48.0 Å². The van der Waals surface area contributed by atoms with Crippen LogP contribution in [0.3, 0.4) is 0 Å². The Morgan fingerprint density at radius 3 is 2.88 bits per heavy atom. The maximum absolute atomic E-state index is 5.88. The average Bonchev–Trinajstić information content (AvgIpc) is 3.35. The molecule has 0 aliphatic heterocycles. The molecule has 6 nitrogen and oxygen atoms in total. The summed E-state index contributed by atoms with van der Waals surface area (Å²) in [5, 5.41) is 8.70. The van der Waals surface area contributed by atoms with Gasteiger partial charge in [-0.1, -0.05) is 18.2 Å². The minimum Gasteiger partial charge on any atom is -0.491 e. The second kappa shape index (κ2) is 6.11. The highest BCUT2D eigenvalue weighted by Gasteiger charge is 2.29. The third-order valence-corrected chi connectivity index (χ3v) is 4.42. The fourth-order valence-corrected chi connectivity index (χ4v) is 2.84. The summed E-state index contributed by atoms with van der Waals surface area (Å²) in [6.07, 6.45) is 6.18. The van der Waals surface area contributed by atoms with Gasteiger partial charge in [-0.05, 0) is 31.4 Å². The highest BCUT2D eigenvalue weighted by atomic mass is 16.5. The molecular weight excluding hydrogens is 302 g/mol. The van der Waals surface area contributed by atoms with E-state index in [9.17, 15) is 0 Å². The predicted octanol–water partition coefficient (Wildman–Crippen LogP) is 2.83. The lowest BCUT2D eigenvalue weighted by Crippen LogP contribution is -2.25. The number of hydrogen-bond acceptors (Lipinski definition) is 5. The molecule has 0 amide bonds. The molecule has 1 saturated carbocycles. The van der Waals surface area contributed by atoms with Gasteiger partial charge in [0.05, 0.1) is 6.54 Å². The number of likely N-dealkylation sites (N-methyl/N-ethyl adjacent to an activating group) is 1. The van der Waals surface area contributed by atoms with Crippen LogP contribution >= 0.6 is 0 Å². The summed E-state index contributed by atoms with van der Waals surface area (Å²) in [6.45, 7) is 3.37. The molecule has 1 aliphatic rings. The van der Waals surface area contributed by atoms with Crippen molar-refractivity contribution in [2.75, 3.05) is 25.1 Å². The van der Waals surface area contributed by atoms with Gasteiger partial charge in [0.15, 0.2) is 5.82 Å². The van der Waals surface area contributed by atoms with E-state index in [2.05, 4.69) is 37.5 Å². The summed E-state index contributed by atoms with van der Waals surface area (Å²) in [7, 11) is 2.01. The molecule has 3 aromatic rings. The highest BCUT2D eigenvalue weighted by molar-refractivity contribution is 5.63. The van der Waals surface area contributed by atoms with E-state index in [0.717, 1.165) is 35.1 Å². The second-order valence-electron chi connectivity index (χ2n) is 6.31. The lowest BCUT2D eigenvalue weighted by molar-refractivity contribution is 0.323. The largest absolute Gasteiger partial charge is 0.491 e. The molecule has 0 atom stereocenters. The van der Waals surface area contributed by atoms with Crippen LogP contribution in [0.4, 0.5) is 5.82 Å². The molecule has 0 radical (unpaired) electrons. The zero-order valence-electron chi connectivity index (χ0n) is 14.0. The van der Waals surface area contributed by atoms with E-state index >= 15 is 0 Å². The van der Waals surface area contributed by atoms with Crippen LogP contribution in [0.1, 0.15) is 30.1 Å². The van der Waals surface area contributed by atoms with Crippen molar-refractivity contribution < 1.29 is 4.74 Å². The van der Waals surface area contributed by atoms with E-state index in [0.29, 0.717) is 12.5 Å². The minimum atomic E-state index is 0.560. The molecule has 1 aliphatic carbocycles. The lowest BCUT2D eigenvalue weighted by Gasteiger charge is -2.19. The van der Waals surface area contributed by atoms with Crippen molar-refractivity contribution in [2.24, 2.45) is 0 Å². The summed E-state index contributed by atoms with van der Waals surface area (Å²) in [4.78, 5) is 6.56. The number of aromatic nitrogens is 4. The zero-order chi connectivity index (χ0) is 16.5. The van der Waals surface area contributed by atoms with Crippen LogP contribution < -0.4 is 9.64 Å². The number of hydrogen-bond donors (Lipinski definition) is 0. The summed E-state index contributed by atoms with van der Waals surface area (Å²) in [6, 6.07) is 8.05. The Kier molecular flexibility index (Phi) is 3.80. The maximum atomic E-state index is 5.88. The Balaban J connectivity index is 1.47. The van der Waals surface area contributed by atoms with E-state index in [4.69, 9.17) is 4.74 Å². The first kappa shape index (κ1) is 14.9. The molecule has 6 heteroatoms. The molecule has 0 saturated heterocycles. The van der Waals surface area contributed by atoms with Gasteiger partial charge >= 0.3 is 0 Å². The fraction of sp³-hybridized carbons (Fsp3) is 0.389. The van der Waals surface area contributed by atoms with Crippen LogP contribution in [0.5, 0.6) is 5.75 Å². The topological polar surface area (TPSA) is 55.5 Å². The number of rotatable bonds is 6. The average molecular weight is 323 g/mol. The lowest BCUT2D eigenvalue weighted by atomic mass is 10.2. The second-order valence-corrected chi connectivity index (χ2v) is 6.31. The van der Waals surface area contributed by atoms with E-state index < -0.39 is 0 Å². The van der Waals surface area contributed by atoms with Gasteiger partial charge in [-0.15, -0.1) is 10.2 Å². The number of anilines is 1. The standard InChI is InChI=1S/C18H21N5O/c1-13-5-3-4-6-15(13)24-12-11-22(2)17-18-21-20-16(14-7-8-14)23(18)10-9-19-17/h3-6,9-10,14H,7-8,11-12H2,1-2H3. The third kappa shape index (κ3) is 2.79. The highest BCUT2D eigenvalue weighted by Crippen LogP contribution is 2.39. The SMILES string of the molecule is Cc1ccccc1OCCN(C)c1nccn2c(C3CC3)nnc12. The van der Waals surface area contributed by atoms with Crippen molar-refractivity contribution in [3.63, 3.8) is 0 Å². The summed E-state index contributed by atoms with van der Waals surface area (Å²) in [5.41, 5.74) is 1.96. The number of aryl methyl sites for hydroxylation is 1. The molecular formula is C18H21N5O. The van der Waals surface area contributed by atoms with Crippen molar-refractivity contribution in [1.29, 1.82) is 0 Å². The summed E-state index contributed by atoms with van der Waals surface area (Å²) >= 11 is 0. The van der Waals surface area contributed by atoms with Crippen LogP contribution in [0.2, 0.25) is 0 Å². The first-order valence-corrected chi connectivity index (χ1v) is 8.33. The van der Waals surface area contributed by atoms with Crippen molar-refractivity contribution in [3.8, 4) is 5.75 Å². The van der Waals surface area contributed by atoms with Gasteiger partial charge in [0.2, 0.25) is 5.65 Å². The van der Waals surface area contributed by atoms with Gasteiger partial charge in [0, 0.05) is 25.4 Å². The van der Waals surface area contributed by atoms with Gasteiger partial charge in [-0.2, -0.15) is 0 Å². The molecule has 24 heavy (non-hydrogen) atoms. The quantitative estimate of drug-likeness (QED) is 0.698. The van der Waals surface area contributed by atoms with Gasteiger partial charge in [0.25, 0.3) is 0 Å². The molecule has 0 spiro atoms. The van der Waals surface area contributed by atoms with Crippen molar-refractivity contribution in [2.45, 2.75) is 25.7 Å².